The second-order valence-corrected chi connectivity index (χ2v) is 7.54. The third-order valence-electron chi connectivity index (χ3n) is 3.99. The zero-order valence-electron chi connectivity index (χ0n) is 12.3. The molecule has 10 heteroatoms. The number of alkyl halides is 4. The Morgan fingerprint density at radius 2 is 1.67 bits per heavy atom. The summed E-state index contributed by atoms with van der Waals surface area (Å²) in [5, 5.41) is 8.81. The first-order chi connectivity index (χ1) is 11.0. The predicted octanol–water partition coefficient (Wildman–Crippen LogP) is 3.16. The van der Waals surface area contributed by atoms with E-state index in [-0.39, 0.29) is 25.9 Å². The Balaban J connectivity index is 2.14. The maximum absolute atomic E-state index is 14.4. The molecule has 1 aromatic rings. The molecule has 24 heavy (non-hydrogen) atoms. The fourth-order valence-corrected chi connectivity index (χ4v) is 4.12. The highest BCUT2D eigenvalue weighted by molar-refractivity contribution is 7.91. The predicted molar refractivity (Wildman–Crippen MR) is 75.8 cm³/mol. The molecule has 2 rings (SSSR count). The van der Waals surface area contributed by atoms with E-state index in [0.717, 1.165) is 17.0 Å². The molecule has 1 aliphatic rings. The maximum Gasteiger partial charge on any atom is 0.416 e. The quantitative estimate of drug-likeness (QED) is 0.831. The van der Waals surface area contributed by atoms with Gasteiger partial charge in [-0.05, 0) is 37.1 Å². The normalized spacial score (nSPS) is 18.4. The Morgan fingerprint density at radius 3 is 2.08 bits per heavy atom. The Labute approximate surface area is 135 Å². The second-order valence-electron chi connectivity index (χ2n) is 5.53. The van der Waals surface area contributed by atoms with Crippen molar-refractivity contribution in [2.45, 2.75) is 29.4 Å². The van der Waals surface area contributed by atoms with Crippen molar-refractivity contribution in [3.63, 3.8) is 0 Å². The average molecular weight is 369 g/mol. The largest absolute Gasteiger partial charge is 0.465 e. The van der Waals surface area contributed by atoms with Crippen molar-refractivity contribution in [3.05, 3.63) is 29.8 Å². The molecule has 0 radical (unpaired) electrons. The van der Waals surface area contributed by atoms with Crippen LogP contribution >= 0.6 is 0 Å². The van der Waals surface area contributed by atoms with Gasteiger partial charge in [-0.2, -0.15) is 13.2 Å². The first-order valence-corrected chi connectivity index (χ1v) is 8.61. The Morgan fingerprint density at radius 1 is 1.17 bits per heavy atom. The molecule has 1 amide bonds. The minimum absolute atomic E-state index is 0.0168. The van der Waals surface area contributed by atoms with Gasteiger partial charge in [-0.3, -0.25) is 0 Å². The monoisotopic (exact) mass is 369 g/mol. The molecule has 0 saturated carbocycles. The SMILES string of the molecule is O=C(O)N1CCC(C(F)S(=O)(=O)c2ccc(C(F)(F)F)cc2)CC1. The summed E-state index contributed by atoms with van der Waals surface area (Å²) in [6.45, 7) is 0.0336. The third kappa shape index (κ3) is 3.80. The molecule has 0 spiro atoms. The number of hydrogen-bond acceptors (Lipinski definition) is 3. The van der Waals surface area contributed by atoms with Crippen LogP contribution in [0.4, 0.5) is 22.4 Å². The second kappa shape index (κ2) is 6.58. The van der Waals surface area contributed by atoms with Gasteiger partial charge in [0, 0.05) is 19.0 Å². The van der Waals surface area contributed by atoms with Crippen molar-refractivity contribution in [3.8, 4) is 0 Å². The average Bonchev–Trinajstić information content (AvgIpc) is 2.53. The number of amides is 1. The molecule has 1 aromatic carbocycles. The van der Waals surface area contributed by atoms with Gasteiger partial charge < -0.3 is 10.0 Å². The van der Waals surface area contributed by atoms with Crippen LogP contribution in [0.1, 0.15) is 18.4 Å². The van der Waals surface area contributed by atoms with E-state index in [9.17, 15) is 30.8 Å². The molecular formula is C14H15F4NO4S. The summed E-state index contributed by atoms with van der Waals surface area (Å²) < 4.78 is 76.4. The topological polar surface area (TPSA) is 74.7 Å². The molecule has 1 atom stereocenters. The number of hydrogen-bond donors (Lipinski definition) is 1. The number of carbonyl (C=O) groups is 1. The van der Waals surface area contributed by atoms with Crippen LogP contribution in [0.5, 0.6) is 0 Å². The number of sulfone groups is 1. The molecular weight excluding hydrogens is 354 g/mol. The lowest BCUT2D eigenvalue weighted by molar-refractivity contribution is -0.137. The summed E-state index contributed by atoms with van der Waals surface area (Å²) >= 11 is 0. The molecule has 134 valence electrons. The molecule has 0 aliphatic carbocycles. The van der Waals surface area contributed by atoms with Crippen LogP contribution in [0, 0.1) is 5.92 Å². The van der Waals surface area contributed by atoms with Crippen LogP contribution in [0.25, 0.3) is 0 Å². The number of rotatable bonds is 3. The Bertz CT molecular complexity index is 694. The summed E-state index contributed by atoms with van der Waals surface area (Å²) in [6.07, 6.45) is -5.70. The van der Waals surface area contributed by atoms with E-state index < -0.39 is 44.0 Å². The zero-order valence-corrected chi connectivity index (χ0v) is 13.1. The molecule has 1 unspecified atom stereocenters. The van der Waals surface area contributed by atoms with Gasteiger partial charge in [-0.1, -0.05) is 0 Å². The first-order valence-electron chi connectivity index (χ1n) is 7.06. The fraction of sp³-hybridized carbons (Fsp3) is 0.500. The Hall–Kier alpha value is -1.84. The van der Waals surface area contributed by atoms with Gasteiger partial charge >= 0.3 is 12.3 Å². The van der Waals surface area contributed by atoms with E-state index in [1.54, 1.807) is 0 Å². The number of halogens is 4. The summed E-state index contributed by atoms with van der Waals surface area (Å²) in [6, 6.07) is 2.65. The summed E-state index contributed by atoms with van der Waals surface area (Å²) in [7, 11) is -4.44. The molecule has 1 aliphatic heterocycles. The van der Waals surface area contributed by atoms with Gasteiger partial charge in [-0.15, -0.1) is 0 Å². The minimum atomic E-state index is -4.61. The van der Waals surface area contributed by atoms with Gasteiger partial charge in [0.05, 0.1) is 10.5 Å². The molecule has 1 N–H and O–H groups in total. The van der Waals surface area contributed by atoms with Crippen LogP contribution in [-0.4, -0.2) is 43.1 Å². The number of nitrogens with zero attached hydrogens (tertiary/aromatic N) is 1. The molecule has 1 fully saturated rings. The lowest BCUT2D eigenvalue weighted by Gasteiger charge is -2.31. The molecule has 1 heterocycles. The number of benzene rings is 1. The molecule has 1 saturated heterocycles. The lowest BCUT2D eigenvalue weighted by atomic mass is 9.98. The third-order valence-corrected chi connectivity index (χ3v) is 5.89. The summed E-state index contributed by atoms with van der Waals surface area (Å²) in [4.78, 5) is 11.3. The van der Waals surface area contributed by atoms with E-state index in [4.69, 9.17) is 5.11 Å². The Kier molecular flexibility index (Phi) is 5.07. The highest BCUT2D eigenvalue weighted by Crippen LogP contribution is 2.33. The molecule has 0 bridgehead atoms. The molecule has 5 nitrogen and oxygen atoms in total. The van der Waals surface area contributed by atoms with Crippen LogP contribution in [-0.2, 0) is 16.0 Å². The van der Waals surface area contributed by atoms with Crippen LogP contribution in [0.3, 0.4) is 0 Å². The van der Waals surface area contributed by atoms with Crippen LogP contribution in [0.15, 0.2) is 29.2 Å². The molecule has 0 aromatic heterocycles. The van der Waals surface area contributed by atoms with Gasteiger partial charge in [0.1, 0.15) is 0 Å². The standard InChI is InChI=1S/C14H15F4NO4S/c15-12(9-5-7-19(8-6-9)13(20)21)24(22,23)11-3-1-10(2-4-11)14(16,17)18/h1-4,9,12H,5-8H2,(H,20,21). The number of carboxylic acid groups (broad SMARTS) is 1. The lowest BCUT2D eigenvalue weighted by Crippen LogP contribution is -2.41. The van der Waals surface area contributed by atoms with E-state index in [1.165, 1.54) is 0 Å². The van der Waals surface area contributed by atoms with Crippen molar-refractivity contribution < 1.29 is 35.9 Å². The number of piperidine rings is 1. The van der Waals surface area contributed by atoms with Gasteiger partial charge in [0.25, 0.3) is 0 Å². The van der Waals surface area contributed by atoms with Crippen molar-refractivity contribution in [2.75, 3.05) is 13.1 Å². The van der Waals surface area contributed by atoms with Gasteiger partial charge in [-0.25, -0.2) is 17.6 Å². The van der Waals surface area contributed by atoms with Crippen LogP contribution < -0.4 is 0 Å². The van der Waals surface area contributed by atoms with E-state index >= 15 is 0 Å². The van der Waals surface area contributed by atoms with Crippen LogP contribution in [0.2, 0.25) is 0 Å². The minimum Gasteiger partial charge on any atom is -0.465 e. The highest BCUT2D eigenvalue weighted by atomic mass is 32.2. The highest BCUT2D eigenvalue weighted by Gasteiger charge is 2.38. The smallest absolute Gasteiger partial charge is 0.416 e. The van der Waals surface area contributed by atoms with Crippen molar-refractivity contribution in [1.29, 1.82) is 0 Å². The summed E-state index contributed by atoms with van der Waals surface area (Å²) in [5.41, 5.74) is -3.31. The summed E-state index contributed by atoms with van der Waals surface area (Å²) in [5.74, 6) is -0.895. The van der Waals surface area contributed by atoms with E-state index in [1.807, 2.05) is 0 Å². The zero-order chi connectivity index (χ0) is 18.1. The maximum atomic E-state index is 14.4. The number of likely N-dealkylation sites (tertiary alicyclic amines) is 1. The van der Waals surface area contributed by atoms with Crippen molar-refractivity contribution in [2.24, 2.45) is 5.92 Å². The van der Waals surface area contributed by atoms with Gasteiger partial charge in [0.2, 0.25) is 15.3 Å². The first kappa shape index (κ1) is 18.5. The fourth-order valence-electron chi connectivity index (χ4n) is 2.57. The van der Waals surface area contributed by atoms with Gasteiger partial charge in [0.15, 0.2) is 0 Å². The van der Waals surface area contributed by atoms with E-state index in [0.29, 0.717) is 12.1 Å². The van der Waals surface area contributed by atoms with Crippen molar-refractivity contribution in [1.82, 2.24) is 4.90 Å². The van der Waals surface area contributed by atoms with E-state index in [2.05, 4.69) is 0 Å². The van der Waals surface area contributed by atoms with Crippen molar-refractivity contribution >= 4 is 15.9 Å².